The van der Waals surface area contributed by atoms with E-state index in [4.69, 9.17) is 0 Å². The number of likely N-dealkylation sites (N-methyl/N-ethyl adjacent to an activating group) is 1. The first-order valence-corrected chi connectivity index (χ1v) is 7.90. The number of carbonyl (C=O) groups excluding carboxylic acids is 2. The maximum Gasteiger partial charge on any atom is 0.406 e. The largest absolute Gasteiger partial charge is 0.406 e. The lowest BCUT2D eigenvalue weighted by Crippen LogP contribution is -2.54. The molecule has 0 aliphatic carbocycles. The minimum absolute atomic E-state index is 0.0518. The van der Waals surface area contributed by atoms with Gasteiger partial charge < -0.3 is 9.80 Å². The topological polar surface area (TPSA) is 53.5 Å². The summed E-state index contributed by atoms with van der Waals surface area (Å²) in [4.78, 5) is 31.2. The number of amides is 2. The Morgan fingerprint density at radius 2 is 2.12 bits per heavy atom. The molecular weight excluding hydrogens is 323 g/mol. The first-order chi connectivity index (χ1) is 11.3. The number of likely N-dealkylation sites (tertiary alicyclic amines) is 1. The molecule has 5 nitrogen and oxygen atoms in total. The number of hydrogen-bond acceptors (Lipinski definition) is 3. The molecule has 1 aliphatic rings. The van der Waals surface area contributed by atoms with Crippen molar-refractivity contribution >= 4 is 11.8 Å². The predicted octanol–water partition coefficient (Wildman–Crippen LogP) is 2.49. The van der Waals surface area contributed by atoms with Gasteiger partial charge in [0.05, 0.1) is 5.56 Å². The van der Waals surface area contributed by atoms with Crippen LogP contribution in [0.1, 0.15) is 36.5 Å². The lowest BCUT2D eigenvalue weighted by molar-refractivity contribution is -0.164. The number of nitrogens with zero attached hydrogens (tertiary/aromatic N) is 3. The molecule has 2 amide bonds. The molecule has 0 radical (unpaired) electrons. The van der Waals surface area contributed by atoms with Crippen molar-refractivity contribution in [2.75, 3.05) is 19.6 Å². The summed E-state index contributed by atoms with van der Waals surface area (Å²) >= 11 is 0. The van der Waals surface area contributed by atoms with Crippen molar-refractivity contribution in [2.24, 2.45) is 0 Å². The molecule has 2 rings (SSSR count). The molecule has 1 saturated heterocycles. The average molecular weight is 343 g/mol. The molecule has 8 heteroatoms. The van der Waals surface area contributed by atoms with E-state index >= 15 is 0 Å². The summed E-state index contributed by atoms with van der Waals surface area (Å²) in [5.74, 6) is -1.02. The van der Waals surface area contributed by atoms with Crippen molar-refractivity contribution in [2.45, 2.75) is 38.4 Å². The minimum atomic E-state index is -4.46. The number of hydrogen-bond donors (Lipinski definition) is 0. The van der Waals surface area contributed by atoms with Gasteiger partial charge >= 0.3 is 6.18 Å². The number of rotatable bonds is 4. The van der Waals surface area contributed by atoms with Crippen molar-refractivity contribution < 1.29 is 22.8 Å². The van der Waals surface area contributed by atoms with Crippen molar-refractivity contribution in [3.05, 3.63) is 30.1 Å². The van der Waals surface area contributed by atoms with E-state index in [1.54, 1.807) is 12.1 Å². The van der Waals surface area contributed by atoms with E-state index in [0.29, 0.717) is 24.9 Å². The molecule has 2 heterocycles. The Kier molecular flexibility index (Phi) is 5.80. The fourth-order valence-electron chi connectivity index (χ4n) is 2.86. The van der Waals surface area contributed by atoms with E-state index in [9.17, 15) is 22.8 Å². The minimum Gasteiger partial charge on any atom is -0.332 e. The van der Waals surface area contributed by atoms with Gasteiger partial charge in [-0.05, 0) is 38.3 Å². The van der Waals surface area contributed by atoms with Crippen molar-refractivity contribution in [1.29, 1.82) is 0 Å². The van der Waals surface area contributed by atoms with Gasteiger partial charge in [0.25, 0.3) is 5.91 Å². The second kappa shape index (κ2) is 7.63. The van der Waals surface area contributed by atoms with Gasteiger partial charge in [0.15, 0.2) is 0 Å². The third-order valence-electron chi connectivity index (χ3n) is 4.02. The number of alkyl halides is 3. The lowest BCUT2D eigenvalue weighted by atomic mass is 9.99. The smallest absolute Gasteiger partial charge is 0.332 e. The SMILES string of the molecule is CCN(CC(F)(F)F)C(=O)C1CCCCN1C(=O)c1cccnc1. The highest BCUT2D eigenvalue weighted by atomic mass is 19.4. The fourth-order valence-corrected chi connectivity index (χ4v) is 2.86. The number of pyridine rings is 1. The summed E-state index contributed by atoms with van der Waals surface area (Å²) in [6.07, 6.45) is 0.263. The Labute approximate surface area is 138 Å². The number of aromatic nitrogens is 1. The fraction of sp³-hybridized carbons (Fsp3) is 0.562. The highest BCUT2D eigenvalue weighted by Crippen LogP contribution is 2.23. The second-order valence-corrected chi connectivity index (χ2v) is 5.72. The molecule has 1 aromatic heterocycles. The molecule has 0 aromatic carbocycles. The van der Waals surface area contributed by atoms with E-state index < -0.39 is 24.7 Å². The van der Waals surface area contributed by atoms with Crippen LogP contribution in [-0.4, -0.2) is 58.5 Å². The first-order valence-electron chi connectivity index (χ1n) is 7.90. The summed E-state index contributed by atoms with van der Waals surface area (Å²) in [7, 11) is 0. The highest BCUT2D eigenvalue weighted by Gasteiger charge is 2.39. The molecule has 1 unspecified atom stereocenters. The van der Waals surface area contributed by atoms with Crippen LogP contribution in [0.4, 0.5) is 13.2 Å². The van der Waals surface area contributed by atoms with Gasteiger partial charge in [-0.25, -0.2) is 0 Å². The molecule has 1 aliphatic heterocycles. The van der Waals surface area contributed by atoms with E-state index in [1.807, 2.05) is 0 Å². The van der Waals surface area contributed by atoms with E-state index in [1.165, 1.54) is 24.2 Å². The third kappa shape index (κ3) is 4.46. The van der Waals surface area contributed by atoms with E-state index in [2.05, 4.69) is 4.98 Å². The molecule has 1 atom stereocenters. The Morgan fingerprint density at radius 3 is 2.71 bits per heavy atom. The maximum atomic E-state index is 12.7. The third-order valence-corrected chi connectivity index (χ3v) is 4.02. The molecule has 1 aromatic rings. The highest BCUT2D eigenvalue weighted by molar-refractivity contribution is 5.97. The molecule has 132 valence electrons. The van der Waals surface area contributed by atoms with Crippen LogP contribution in [0.2, 0.25) is 0 Å². The van der Waals surface area contributed by atoms with Crippen LogP contribution in [0.5, 0.6) is 0 Å². The van der Waals surface area contributed by atoms with Gasteiger partial charge in [-0.2, -0.15) is 13.2 Å². The summed E-state index contributed by atoms with van der Waals surface area (Å²) in [6, 6.07) is 2.34. The molecular formula is C16H20F3N3O2. The molecule has 0 saturated carbocycles. The Morgan fingerprint density at radius 1 is 1.38 bits per heavy atom. The second-order valence-electron chi connectivity index (χ2n) is 5.72. The summed E-state index contributed by atoms with van der Waals surface area (Å²) in [5.41, 5.74) is 0.330. The van der Waals surface area contributed by atoms with Crippen LogP contribution in [0.15, 0.2) is 24.5 Å². The summed E-state index contributed by atoms with van der Waals surface area (Å²) in [5, 5.41) is 0. The number of piperidine rings is 1. The zero-order valence-electron chi connectivity index (χ0n) is 13.4. The van der Waals surface area contributed by atoms with Crippen LogP contribution in [-0.2, 0) is 4.79 Å². The molecule has 24 heavy (non-hydrogen) atoms. The van der Waals surface area contributed by atoms with Gasteiger partial charge in [0.1, 0.15) is 12.6 Å². The molecule has 1 fully saturated rings. The zero-order valence-corrected chi connectivity index (χ0v) is 13.4. The Bertz CT molecular complexity index is 578. The summed E-state index contributed by atoms with van der Waals surface area (Å²) < 4.78 is 38.0. The van der Waals surface area contributed by atoms with Gasteiger partial charge in [0, 0.05) is 25.5 Å². The summed E-state index contributed by atoms with van der Waals surface area (Å²) in [6.45, 7) is 0.505. The van der Waals surface area contributed by atoms with Gasteiger partial charge in [-0.15, -0.1) is 0 Å². The van der Waals surface area contributed by atoms with Crippen LogP contribution < -0.4 is 0 Å². The van der Waals surface area contributed by atoms with Crippen LogP contribution in [0.3, 0.4) is 0 Å². The predicted molar refractivity (Wildman–Crippen MR) is 81.2 cm³/mol. The van der Waals surface area contributed by atoms with Gasteiger partial charge in [-0.1, -0.05) is 0 Å². The maximum absolute atomic E-state index is 12.7. The standard InChI is InChI=1S/C16H20F3N3O2/c1-2-21(11-16(17,18)19)15(24)13-7-3-4-9-22(13)14(23)12-6-5-8-20-10-12/h5-6,8,10,13H,2-4,7,9,11H2,1H3. The Balaban J connectivity index is 2.19. The van der Waals surface area contributed by atoms with Crippen molar-refractivity contribution in [3.8, 4) is 0 Å². The van der Waals surface area contributed by atoms with E-state index in [-0.39, 0.29) is 12.5 Å². The molecule has 0 spiro atoms. The lowest BCUT2D eigenvalue weighted by Gasteiger charge is -2.37. The zero-order chi connectivity index (χ0) is 17.7. The van der Waals surface area contributed by atoms with Crippen molar-refractivity contribution in [1.82, 2.24) is 14.8 Å². The van der Waals surface area contributed by atoms with Crippen LogP contribution in [0.25, 0.3) is 0 Å². The Hall–Kier alpha value is -2.12. The van der Waals surface area contributed by atoms with Crippen LogP contribution in [0, 0.1) is 0 Å². The molecule has 0 bridgehead atoms. The monoisotopic (exact) mass is 343 g/mol. The van der Waals surface area contributed by atoms with Gasteiger partial charge in [-0.3, -0.25) is 14.6 Å². The van der Waals surface area contributed by atoms with Crippen LogP contribution >= 0.6 is 0 Å². The van der Waals surface area contributed by atoms with Crippen molar-refractivity contribution in [3.63, 3.8) is 0 Å². The first kappa shape index (κ1) is 18.2. The quantitative estimate of drug-likeness (QED) is 0.844. The van der Waals surface area contributed by atoms with E-state index in [0.717, 1.165) is 11.3 Å². The van der Waals surface area contributed by atoms with Gasteiger partial charge in [0.2, 0.25) is 5.91 Å². The average Bonchev–Trinajstić information content (AvgIpc) is 2.58. The number of halogens is 3. The molecule has 0 N–H and O–H groups in total. The normalized spacial score (nSPS) is 18.3. The number of carbonyl (C=O) groups is 2.